The maximum absolute atomic E-state index is 13.9. The fourth-order valence-electron chi connectivity index (χ4n) is 5.55. The summed E-state index contributed by atoms with van der Waals surface area (Å²) in [7, 11) is 1.68. The number of hydrogen-bond donors (Lipinski definition) is 4. The largest absolute Gasteiger partial charge is 0.444 e. The summed E-state index contributed by atoms with van der Waals surface area (Å²) in [6.07, 6.45) is 0.871. The Morgan fingerprint density at radius 1 is 0.922 bits per heavy atom. The van der Waals surface area contributed by atoms with E-state index in [2.05, 4.69) is 39.8 Å². The number of ether oxygens (including phenoxy) is 1. The third-order valence-electron chi connectivity index (χ3n) is 8.32. The van der Waals surface area contributed by atoms with E-state index in [1.165, 1.54) is 16.2 Å². The molecule has 2 aromatic heterocycles. The molecule has 13 heteroatoms. The van der Waals surface area contributed by atoms with Gasteiger partial charge in [0.05, 0.1) is 39.3 Å². The molecule has 3 unspecified atom stereocenters. The van der Waals surface area contributed by atoms with Crippen molar-refractivity contribution in [1.82, 2.24) is 30.8 Å². The molecule has 4 N–H and O–H groups in total. The summed E-state index contributed by atoms with van der Waals surface area (Å²) in [4.78, 5) is 51.3. The number of amides is 4. The molecule has 2 heterocycles. The average molecular weight is 735 g/mol. The first kappa shape index (κ1) is 39.5. The van der Waals surface area contributed by atoms with Gasteiger partial charge < -0.3 is 30.7 Å². The number of nitrogens with zero attached hydrogens (tertiary/aromatic N) is 3. The van der Waals surface area contributed by atoms with Crippen LogP contribution in [0.3, 0.4) is 0 Å². The van der Waals surface area contributed by atoms with Crippen molar-refractivity contribution in [1.29, 1.82) is 0 Å². The van der Waals surface area contributed by atoms with E-state index < -0.39 is 30.3 Å². The number of rotatable bonds is 17. The summed E-state index contributed by atoms with van der Waals surface area (Å²) in [6, 6.07) is 16.8. The molecule has 0 spiro atoms. The van der Waals surface area contributed by atoms with Crippen LogP contribution < -0.4 is 16.0 Å². The first-order valence-corrected chi connectivity index (χ1v) is 18.9. The lowest BCUT2D eigenvalue weighted by Crippen LogP contribution is -2.55. The number of alkyl carbamates (subject to hydrolysis) is 1. The van der Waals surface area contributed by atoms with Crippen LogP contribution >= 0.6 is 22.7 Å². The Balaban J connectivity index is 1.47. The number of nitrogens with one attached hydrogen (secondary N) is 3. The topological polar surface area (TPSA) is 146 Å². The first-order valence-electron chi connectivity index (χ1n) is 17.2. The highest BCUT2D eigenvalue weighted by Crippen LogP contribution is 2.20. The van der Waals surface area contributed by atoms with Crippen LogP contribution in [0.25, 0.3) is 0 Å². The SMILES string of the molecule is Cc1ncc(COC(=O)NC(Cc2ccccc2)C(O)CC(Cc2ccccc2)NC(=O)[C@@H](NC(=O)N(C)Cc2csc(C(C)C)n2)C(C)C)s1. The van der Waals surface area contributed by atoms with Crippen molar-refractivity contribution in [2.75, 3.05) is 7.05 Å². The number of hydrogen-bond acceptors (Lipinski definition) is 9. The van der Waals surface area contributed by atoms with Crippen LogP contribution in [-0.2, 0) is 35.5 Å². The normalized spacial score (nSPS) is 13.7. The van der Waals surface area contributed by atoms with Gasteiger partial charge in [0, 0.05) is 30.6 Å². The minimum atomic E-state index is -1.05. The molecule has 0 bridgehead atoms. The Morgan fingerprint density at radius 2 is 1.57 bits per heavy atom. The number of urea groups is 1. The highest BCUT2D eigenvalue weighted by atomic mass is 32.1. The van der Waals surface area contributed by atoms with E-state index in [1.807, 2.05) is 86.8 Å². The van der Waals surface area contributed by atoms with Gasteiger partial charge in [0.1, 0.15) is 12.6 Å². The van der Waals surface area contributed by atoms with Gasteiger partial charge in [-0.25, -0.2) is 19.6 Å². The number of thiazole rings is 2. The second kappa shape index (κ2) is 19.3. The number of benzene rings is 2. The van der Waals surface area contributed by atoms with Crippen molar-refractivity contribution < 1.29 is 24.2 Å². The van der Waals surface area contributed by atoms with Crippen LogP contribution in [0.15, 0.2) is 72.2 Å². The second-order valence-corrected chi connectivity index (χ2v) is 15.6. The summed E-state index contributed by atoms with van der Waals surface area (Å²) in [5, 5.41) is 24.4. The summed E-state index contributed by atoms with van der Waals surface area (Å²) < 4.78 is 5.48. The van der Waals surface area contributed by atoms with Crippen LogP contribution in [0.5, 0.6) is 0 Å². The number of carbonyl (C=O) groups excluding carboxylic acids is 3. The van der Waals surface area contributed by atoms with Gasteiger partial charge in [-0.3, -0.25) is 4.79 Å². The van der Waals surface area contributed by atoms with Gasteiger partial charge in [0.25, 0.3) is 0 Å². The molecule has 0 radical (unpaired) electrons. The van der Waals surface area contributed by atoms with E-state index >= 15 is 0 Å². The van der Waals surface area contributed by atoms with Gasteiger partial charge in [-0.15, -0.1) is 22.7 Å². The monoisotopic (exact) mass is 734 g/mol. The molecule has 4 atom stereocenters. The van der Waals surface area contributed by atoms with Crippen molar-refractivity contribution in [3.05, 3.63) is 104 Å². The molecule has 2 aromatic carbocycles. The third kappa shape index (κ3) is 12.7. The fraction of sp³-hybridized carbons (Fsp3) is 0.447. The van der Waals surface area contributed by atoms with E-state index in [4.69, 9.17) is 4.74 Å². The molecule has 0 saturated heterocycles. The van der Waals surface area contributed by atoms with Crippen LogP contribution in [0.4, 0.5) is 9.59 Å². The lowest BCUT2D eigenvalue weighted by atomic mass is 9.93. The Hall–Kier alpha value is -4.33. The summed E-state index contributed by atoms with van der Waals surface area (Å²) in [6.45, 7) is 10.2. The van der Waals surface area contributed by atoms with Crippen molar-refractivity contribution in [3.8, 4) is 0 Å². The van der Waals surface area contributed by atoms with Gasteiger partial charge in [-0.1, -0.05) is 88.4 Å². The molecule has 11 nitrogen and oxygen atoms in total. The Labute approximate surface area is 308 Å². The standard InChI is InChI=1S/C38H50N6O5S2/c1-24(2)34(43-37(47)44(6)21-30-23-50-36(41-30)25(3)4)35(46)40-29(17-27-13-9-7-10-14-27)19-33(45)32(18-28-15-11-8-12-16-28)42-38(48)49-22-31-20-39-26(5)51-31/h7-16,20,23-25,29,32-34,45H,17-19,21-22H2,1-6H3,(H,40,46)(H,42,48)(H,43,47)/t29?,32?,33?,34-/m0/s1. The van der Waals surface area contributed by atoms with E-state index in [-0.39, 0.29) is 30.9 Å². The smallest absolute Gasteiger partial charge is 0.407 e. The molecule has 4 amide bonds. The quantitative estimate of drug-likeness (QED) is 0.101. The number of aliphatic hydroxyl groups excluding tert-OH is 1. The minimum absolute atomic E-state index is 0.0679. The highest BCUT2D eigenvalue weighted by molar-refractivity contribution is 7.11. The average Bonchev–Trinajstić information content (AvgIpc) is 3.75. The first-order chi connectivity index (χ1) is 24.4. The molecule has 4 rings (SSSR count). The van der Waals surface area contributed by atoms with E-state index in [0.29, 0.717) is 25.3 Å². The van der Waals surface area contributed by atoms with Crippen molar-refractivity contribution in [2.45, 2.75) is 97.2 Å². The third-order valence-corrected chi connectivity index (χ3v) is 10.4. The predicted molar refractivity (Wildman–Crippen MR) is 202 cm³/mol. The number of aromatic nitrogens is 2. The van der Waals surface area contributed by atoms with Gasteiger partial charge in [-0.05, 0) is 43.2 Å². The molecule has 274 valence electrons. The lowest BCUT2D eigenvalue weighted by Gasteiger charge is -2.30. The van der Waals surface area contributed by atoms with Crippen molar-refractivity contribution >= 4 is 40.7 Å². The molecule has 0 aliphatic heterocycles. The fourth-order valence-corrected chi connectivity index (χ4v) is 7.08. The highest BCUT2D eigenvalue weighted by Gasteiger charge is 2.31. The molecule has 51 heavy (non-hydrogen) atoms. The Morgan fingerprint density at radius 3 is 2.14 bits per heavy atom. The number of aryl methyl sites for hydroxylation is 1. The van der Waals surface area contributed by atoms with Crippen molar-refractivity contribution in [3.63, 3.8) is 0 Å². The Kier molecular flexibility index (Phi) is 15.0. The zero-order chi connectivity index (χ0) is 36.9. The maximum atomic E-state index is 13.9. The molecular formula is C38H50N6O5S2. The molecule has 0 aliphatic rings. The Bertz CT molecular complexity index is 1680. The van der Waals surface area contributed by atoms with Crippen LogP contribution in [0, 0.1) is 12.8 Å². The minimum Gasteiger partial charge on any atom is -0.444 e. The second-order valence-electron chi connectivity index (χ2n) is 13.4. The zero-order valence-corrected chi connectivity index (χ0v) is 31.8. The van der Waals surface area contributed by atoms with Gasteiger partial charge in [-0.2, -0.15) is 0 Å². The van der Waals surface area contributed by atoms with E-state index in [0.717, 1.165) is 31.7 Å². The molecule has 0 saturated carbocycles. The molecular weight excluding hydrogens is 685 g/mol. The van der Waals surface area contributed by atoms with E-state index in [1.54, 1.807) is 24.6 Å². The van der Waals surface area contributed by atoms with Gasteiger partial charge in [0.2, 0.25) is 5.91 Å². The van der Waals surface area contributed by atoms with E-state index in [9.17, 15) is 19.5 Å². The molecule has 0 aliphatic carbocycles. The number of aliphatic hydroxyl groups is 1. The molecule has 0 fully saturated rings. The lowest BCUT2D eigenvalue weighted by molar-refractivity contribution is -0.124. The summed E-state index contributed by atoms with van der Waals surface area (Å²) >= 11 is 3.02. The van der Waals surface area contributed by atoms with Crippen LogP contribution in [0.1, 0.15) is 71.7 Å². The summed E-state index contributed by atoms with van der Waals surface area (Å²) in [5.74, 6) is -0.278. The number of carbonyl (C=O) groups is 3. The molecule has 4 aromatic rings. The van der Waals surface area contributed by atoms with Crippen LogP contribution in [-0.4, -0.2) is 69.3 Å². The van der Waals surface area contributed by atoms with Crippen molar-refractivity contribution in [2.24, 2.45) is 5.92 Å². The maximum Gasteiger partial charge on any atom is 0.407 e. The van der Waals surface area contributed by atoms with Gasteiger partial charge >= 0.3 is 12.1 Å². The van der Waals surface area contributed by atoms with Gasteiger partial charge in [0.15, 0.2) is 0 Å². The van der Waals surface area contributed by atoms with Crippen LogP contribution in [0.2, 0.25) is 0 Å². The zero-order valence-electron chi connectivity index (χ0n) is 30.2. The summed E-state index contributed by atoms with van der Waals surface area (Å²) in [5.41, 5.74) is 2.69. The predicted octanol–water partition coefficient (Wildman–Crippen LogP) is 6.21.